The lowest BCUT2D eigenvalue weighted by molar-refractivity contribution is 0.198. The number of aromatic nitrogens is 1. The van der Waals surface area contributed by atoms with Crippen molar-refractivity contribution in [2.75, 3.05) is 59.7 Å². The molecule has 0 aliphatic carbocycles. The largest absolute Gasteiger partial charge is 0.494 e. The first-order valence-electron chi connectivity index (χ1n) is 11.1. The van der Waals surface area contributed by atoms with Gasteiger partial charge >= 0.3 is 0 Å². The van der Waals surface area contributed by atoms with Gasteiger partial charge in [0, 0.05) is 31.8 Å². The summed E-state index contributed by atoms with van der Waals surface area (Å²) in [7, 11) is 1.70. The van der Waals surface area contributed by atoms with Gasteiger partial charge < -0.3 is 34.4 Å². The summed E-state index contributed by atoms with van der Waals surface area (Å²) in [6, 6.07) is 13.4. The molecule has 0 spiro atoms. The van der Waals surface area contributed by atoms with Gasteiger partial charge in [-0.1, -0.05) is 0 Å². The second kappa shape index (κ2) is 13.7. The zero-order valence-electron chi connectivity index (χ0n) is 18.6. The van der Waals surface area contributed by atoms with E-state index in [0.717, 1.165) is 55.1 Å². The lowest BCUT2D eigenvalue weighted by Gasteiger charge is -2.07. The predicted octanol–water partition coefficient (Wildman–Crippen LogP) is 2.85. The number of aliphatic hydroxyl groups is 1. The van der Waals surface area contributed by atoms with Gasteiger partial charge in [-0.15, -0.1) is 0 Å². The molecule has 0 atom stereocenters. The smallest absolute Gasteiger partial charge is 0.227 e. The van der Waals surface area contributed by atoms with Gasteiger partial charge in [0.05, 0.1) is 26.4 Å². The number of ether oxygens (including phenoxy) is 3. The summed E-state index contributed by atoms with van der Waals surface area (Å²) in [5.41, 5.74) is 2.39. The van der Waals surface area contributed by atoms with Crippen molar-refractivity contribution in [3.63, 3.8) is 0 Å². The number of hydrogen-bond donors (Lipinski definition) is 3. The van der Waals surface area contributed by atoms with Gasteiger partial charge in [-0.25, -0.2) is 4.98 Å². The van der Waals surface area contributed by atoms with Crippen molar-refractivity contribution >= 4 is 11.1 Å². The van der Waals surface area contributed by atoms with Crippen LogP contribution in [0.5, 0.6) is 11.5 Å². The van der Waals surface area contributed by atoms with Crippen LogP contribution < -0.4 is 20.1 Å². The highest BCUT2D eigenvalue weighted by atomic mass is 16.5. The maximum atomic E-state index is 8.74. The van der Waals surface area contributed by atoms with Gasteiger partial charge in [-0.3, -0.25) is 0 Å². The standard InChI is InChI=1S/C24H33N3O5/c1-29-17-13-26-11-3-16-31-21-8-9-22-23(18-21)32-24(27-22)19-4-6-20(7-5-19)30-15-2-10-25-12-14-28/h4-9,18,25-26,28H,2-3,10-17H2,1H3. The van der Waals surface area contributed by atoms with Crippen LogP contribution >= 0.6 is 0 Å². The molecular formula is C24H33N3O5. The van der Waals surface area contributed by atoms with Gasteiger partial charge in [-0.05, 0) is 62.3 Å². The van der Waals surface area contributed by atoms with Gasteiger partial charge in [0.2, 0.25) is 5.89 Å². The Labute approximate surface area is 188 Å². The summed E-state index contributed by atoms with van der Waals surface area (Å²) in [6.45, 7) is 5.28. The van der Waals surface area contributed by atoms with Crippen LogP contribution in [0, 0.1) is 0 Å². The molecule has 0 saturated carbocycles. The van der Waals surface area contributed by atoms with Crippen LogP contribution in [-0.4, -0.2) is 69.8 Å². The van der Waals surface area contributed by atoms with E-state index in [1.54, 1.807) is 7.11 Å². The Hall–Kier alpha value is -2.65. The van der Waals surface area contributed by atoms with Crippen LogP contribution in [0.2, 0.25) is 0 Å². The van der Waals surface area contributed by atoms with Crippen molar-refractivity contribution < 1.29 is 23.7 Å². The Balaban J connectivity index is 1.47. The second-order valence-corrected chi connectivity index (χ2v) is 7.29. The molecule has 0 radical (unpaired) electrons. The predicted molar refractivity (Wildman–Crippen MR) is 124 cm³/mol. The Morgan fingerprint density at radius 3 is 2.25 bits per heavy atom. The van der Waals surface area contributed by atoms with Crippen molar-refractivity contribution in [2.24, 2.45) is 0 Å². The van der Waals surface area contributed by atoms with Crippen molar-refractivity contribution in [3.05, 3.63) is 42.5 Å². The first-order chi connectivity index (χ1) is 15.8. The molecule has 32 heavy (non-hydrogen) atoms. The lowest BCUT2D eigenvalue weighted by atomic mass is 10.2. The van der Waals surface area contributed by atoms with E-state index in [9.17, 15) is 0 Å². The highest BCUT2D eigenvalue weighted by Crippen LogP contribution is 2.28. The molecule has 3 aromatic rings. The summed E-state index contributed by atoms with van der Waals surface area (Å²) in [4.78, 5) is 4.58. The van der Waals surface area contributed by atoms with E-state index in [1.807, 2.05) is 42.5 Å². The first-order valence-corrected chi connectivity index (χ1v) is 11.1. The van der Waals surface area contributed by atoms with Crippen molar-refractivity contribution in [1.82, 2.24) is 15.6 Å². The van der Waals surface area contributed by atoms with E-state index in [4.69, 9.17) is 23.7 Å². The van der Waals surface area contributed by atoms with Crippen molar-refractivity contribution in [3.8, 4) is 23.0 Å². The van der Waals surface area contributed by atoms with Gasteiger partial charge in [0.15, 0.2) is 5.58 Å². The fourth-order valence-corrected chi connectivity index (χ4v) is 3.09. The highest BCUT2D eigenvalue weighted by Gasteiger charge is 2.10. The summed E-state index contributed by atoms with van der Waals surface area (Å²) in [5, 5.41) is 15.2. The molecule has 1 heterocycles. The molecule has 1 aromatic heterocycles. The Morgan fingerprint density at radius 1 is 0.844 bits per heavy atom. The van der Waals surface area contributed by atoms with Crippen LogP contribution in [0.1, 0.15) is 12.8 Å². The third kappa shape index (κ3) is 7.80. The normalized spacial score (nSPS) is 11.2. The summed E-state index contributed by atoms with van der Waals surface area (Å²) < 4.78 is 22.5. The number of oxazole rings is 1. The van der Waals surface area contributed by atoms with Crippen LogP contribution in [0.3, 0.4) is 0 Å². The molecule has 0 amide bonds. The van der Waals surface area contributed by atoms with Crippen molar-refractivity contribution in [2.45, 2.75) is 12.8 Å². The summed E-state index contributed by atoms with van der Waals surface area (Å²) in [5.74, 6) is 2.15. The third-order valence-corrected chi connectivity index (χ3v) is 4.77. The van der Waals surface area contributed by atoms with E-state index in [0.29, 0.717) is 37.8 Å². The highest BCUT2D eigenvalue weighted by molar-refractivity contribution is 5.77. The van der Waals surface area contributed by atoms with E-state index in [2.05, 4.69) is 15.6 Å². The van der Waals surface area contributed by atoms with Crippen LogP contribution in [0.25, 0.3) is 22.6 Å². The number of hydrogen-bond acceptors (Lipinski definition) is 8. The maximum absolute atomic E-state index is 8.74. The minimum atomic E-state index is 0.153. The van der Waals surface area contributed by atoms with Gasteiger partial charge in [0.25, 0.3) is 0 Å². The molecule has 0 unspecified atom stereocenters. The van der Waals surface area contributed by atoms with E-state index in [1.165, 1.54) is 0 Å². The third-order valence-electron chi connectivity index (χ3n) is 4.77. The molecular weight excluding hydrogens is 410 g/mol. The fraction of sp³-hybridized carbons (Fsp3) is 0.458. The minimum absolute atomic E-state index is 0.153. The fourth-order valence-electron chi connectivity index (χ4n) is 3.09. The molecule has 0 saturated heterocycles. The molecule has 3 rings (SSSR count). The molecule has 0 fully saturated rings. The average molecular weight is 444 g/mol. The molecule has 0 aliphatic heterocycles. The molecule has 8 nitrogen and oxygen atoms in total. The number of methoxy groups -OCH3 is 1. The van der Waals surface area contributed by atoms with Gasteiger partial charge in [-0.2, -0.15) is 0 Å². The zero-order valence-corrected chi connectivity index (χ0v) is 18.6. The van der Waals surface area contributed by atoms with Crippen LogP contribution in [0.4, 0.5) is 0 Å². The Morgan fingerprint density at radius 2 is 1.53 bits per heavy atom. The Bertz CT molecular complexity index is 914. The summed E-state index contributed by atoms with van der Waals surface area (Å²) in [6.07, 6.45) is 1.79. The van der Waals surface area contributed by atoms with Crippen LogP contribution in [0.15, 0.2) is 46.9 Å². The molecule has 174 valence electrons. The number of fused-ring (bicyclic) bond motifs is 1. The topological polar surface area (TPSA) is 98.0 Å². The monoisotopic (exact) mass is 443 g/mol. The number of nitrogens with one attached hydrogen (secondary N) is 2. The quantitative estimate of drug-likeness (QED) is 0.291. The summed E-state index contributed by atoms with van der Waals surface area (Å²) >= 11 is 0. The van der Waals surface area contributed by atoms with Crippen LogP contribution in [-0.2, 0) is 4.74 Å². The molecule has 2 aromatic carbocycles. The van der Waals surface area contributed by atoms with E-state index < -0.39 is 0 Å². The number of aliphatic hydroxyl groups excluding tert-OH is 1. The van der Waals surface area contributed by atoms with E-state index >= 15 is 0 Å². The number of benzene rings is 2. The number of nitrogens with zero attached hydrogens (tertiary/aromatic N) is 1. The lowest BCUT2D eigenvalue weighted by Crippen LogP contribution is -2.21. The zero-order chi connectivity index (χ0) is 22.4. The first kappa shape index (κ1) is 24.0. The maximum Gasteiger partial charge on any atom is 0.227 e. The molecule has 3 N–H and O–H groups in total. The van der Waals surface area contributed by atoms with Gasteiger partial charge in [0.1, 0.15) is 17.0 Å². The molecule has 0 bridgehead atoms. The second-order valence-electron chi connectivity index (χ2n) is 7.29. The van der Waals surface area contributed by atoms with Crippen molar-refractivity contribution in [1.29, 1.82) is 0 Å². The van der Waals surface area contributed by atoms with E-state index in [-0.39, 0.29) is 6.61 Å². The molecule has 8 heteroatoms. The molecule has 0 aliphatic rings. The minimum Gasteiger partial charge on any atom is -0.494 e. The number of rotatable bonds is 16. The SMILES string of the molecule is COCCNCCCOc1ccc2nc(-c3ccc(OCCCNCCO)cc3)oc2c1. The average Bonchev–Trinajstić information content (AvgIpc) is 3.24. The Kier molecular flexibility index (Phi) is 10.3.